The van der Waals surface area contributed by atoms with E-state index in [1.807, 2.05) is 18.3 Å². The third-order valence-electron chi connectivity index (χ3n) is 5.44. The van der Waals surface area contributed by atoms with Crippen LogP contribution in [0.25, 0.3) is 10.2 Å². The largest absolute Gasteiger partial charge is 0.300 e. The molecule has 0 spiro atoms. The Morgan fingerprint density at radius 3 is 2.83 bits per heavy atom. The molecule has 0 radical (unpaired) electrons. The molecular formula is C20H23N5OS3. The van der Waals surface area contributed by atoms with E-state index in [-0.39, 0.29) is 5.91 Å². The number of fused-ring (bicyclic) bond motifs is 3. The molecule has 5 rings (SSSR count). The number of amides is 1. The van der Waals surface area contributed by atoms with E-state index in [2.05, 4.69) is 22.4 Å². The van der Waals surface area contributed by atoms with Crippen molar-refractivity contribution in [2.24, 2.45) is 5.92 Å². The number of hydrogen-bond donors (Lipinski definition) is 1. The van der Waals surface area contributed by atoms with Gasteiger partial charge >= 0.3 is 0 Å². The first-order valence-corrected chi connectivity index (χ1v) is 12.8. The molecule has 6 nitrogen and oxygen atoms in total. The molecule has 0 saturated heterocycles. The summed E-state index contributed by atoms with van der Waals surface area (Å²) in [5.74, 6) is 2.45. The number of nitrogens with zero attached hydrogens (tertiary/aromatic N) is 4. The Balaban J connectivity index is 1.40. The summed E-state index contributed by atoms with van der Waals surface area (Å²) in [6.45, 7) is 4.36. The molecule has 0 bridgehead atoms. The summed E-state index contributed by atoms with van der Waals surface area (Å²) in [6.07, 6.45) is 6.62. The fourth-order valence-electron chi connectivity index (χ4n) is 3.69. The average Bonchev–Trinajstić information content (AvgIpc) is 3.36. The van der Waals surface area contributed by atoms with Gasteiger partial charge in [0.25, 0.3) is 0 Å². The van der Waals surface area contributed by atoms with Gasteiger partial charge in [-0.05, 0) is 50.0 Å². The summed E-state index contributed by atoms with van der Waals surface area (Å²) < 4.78 is 0. The van der Waals surface area contributed by atoms with Gasteiger partial charge in [0.15, 0.2) is 0 Å². The third-order valence-corrected chi connectivity index (χ3v) is 8.54. The quantitative estimate of drug-likeness (QED) is 0.432. The molecule has 2 aliphatic carbocycles. The van der Waals surface area contributed by atoms with Gasteiger partial charge in [0, 0.05) is 16.2 Å². The highest BCUT2D eigenvalue weighted by molar-refractivity contribution is 8.00. The maximum atomic E-state index is 12.5. The van der Waals surface area contributed by atoms with Crippen molar-refractivity contribution in [1.82, 2.24) is 20.2 Å². The number of nitrogens with one attached hydrogen (secondary N) is 1. The highest BCUT2D eigenvalue weighted by atomic mass is 32.2. The summed E-state index contributed by atoms with van der Waals surface area (Å²) >= 11 is 4.80. The summed E-state index contributed by atoms with van der Waals surface area (Å²) in [5.41, 5.74) is 1.42. The van der Waals surface area contributed by atoms with Crippen LogP contribution in [0.15, 0.2) is 5.03 Å². The number of carbonyl (C=O) groups is 1. The number of aromatic nitrogens is 4. The molecule has 29 heavy (non-hydrogen) atoms. The van der Waals surface area contributed by atoms with Crippen molar-refractivity contribution >= 4 is 55.7 Å². The van der Waals surface area contributed by atoms with Crippen LogP contribution in [0, 0.1) is 5.92 Å². The molecule has 0 aromatic carbocycles. The second-order valence-electron chi connectivity index (χ2n) is 7.88. The van der Waals surface area contributed by atoms with Crippen molar-refractivity contribution in [2.45, 2.75) is 63.3 Å². The first-order chi connectivity index (χ1) is 14.1. The maximum Gasteiger partial charge on any atom is 0.236 e. The first kappa shape index (κ1) is 19.4. The number of thiophene rings is 1. The standard InChI is InChI=1S/C20H23N5OS3/c1-3-15-24-25-20(29-15)21-14(26)9-27-18-16-12-7-4-10(2)8-13(12)28-19(16)23-17(22-18)11-5-6-11/h10-11H,3-9H2,1-2H3,(H,21,25,26)/t10-/m1/s1. The number of aryl methyl sites for hydroxylation is 2. The zero-order chi connectivity index (χ0) is 20.0. The molecule has 2 aliphatic rings. The van der Waals surface area contributed by atoms with Crippen LogP contribution in [-0.4, -0.2) is 31.8 Å². The average molecular weight is 446 g/mol. The van der Waals surface area contributed by atoms with Gasteiger partial charge in [-0.3, -0.25) is 10.1 Å². The fraction of sp³-hybridized carbons (Fsp3) is 0.550. The van der Waals surface area contributed by atoms with E-state index >= 15 is 0 Å². The molecule has 1 saturated carbocycles. The van der Waals surface area contributed by atoms with Gasteiger partial charge in [-0.15, -0.1) is 21.5 Å². The van der Waals surface area contributed by atoms with E-state index in [0.717, 1.165) is 45.9 Å². The minimum atomic E-state index is -0.0637. The minimum Gasteiger partial charge on any atom is -0.300 e. The molecular weight excluding hydrogens is 422 g/mol. The Labute approximate surface area is 182 Å². The zero-order valence-corrected chi connectivity index (χ0v) is 19.0. The molecule has 152 valence electrons. The topological polar surface area (TPSA) is 80.7 Å². The highest BCUT2D eigenvalue weighted by Crippen LogP contribution is 2.44. The highest BCUT2D eigenvalue weighted by Gasteiger charge is 2.30. The predicted molar refractivity (Wildman–Crippen MR) is 119 cm³/mol. The van der Waals surface area contributed by atoms with Crippen molar-refractivity contribution < 1.29 is 4.79 Å². The number of thioether (sulfide) groups is 1. The lowest BCUT2D eigenvalue weighted by Gasteiger charge is -2.18. The van der Waals surface area contributed by atoms with Crippen LogP contribution in [0.1, 0.15) is 60.3 Å². The van der Waals surface area contributed by atoms with Crippen molar-refractivity contribution in [3.8, 4) is 0 Å². The smallest absolute Gasteiger partial charge is 0.236 e. The second kappa shape index (κ2) is 7.92. The van der Waals surface area contributed by atoms with E-state index in [1.54, 1.807) is 0 Å². The van der Waals surface area contributed by atoms with Gasteiger partial charge in [0.05, 0.1) is 5.75 Å². The first-order valence-electron chi connectivity index (χ1n) is 10.2. The monoisotopic (exact) mass is 445 g/mol. The zero-order valence-electron chi connectivity index (χ0n) is 16.5. The molecule has 3 aromatic rings. The number of anilines is 1. The Morgan fingerprint density at radius 2 is 2.07 bits per heavy atom. The molecule has 1 fully saturated rings. The predicted octanol–water partition coefficient (Wildman–Crippen LogP) is 4.84. The lowest BCUT2D eigenvalue weighted by molar-refractivity contribution is -0.113. The molecule has 1 amide bonds. The lowest BCUT2D eigenvalue weighted by Crippen LogP contribution is -2.14. The van der Waals surface area contributed by atoms with Gasteiger partial charge in [-0.25, -0.2) is 9.97 Å². The molecule has 3 heterocycles. The van der Waals surface area contributed by atoms with E-state index in [1.165, 1.54) is 58.2 Å². The van der Waals surface area contributed by atoms with Gasteiger partial charge in [0.2, 0.25) is 11.0 Å². The Kier molecular flexibility index (Phi) is 5.30. The van der Waals surface area contributed by atoms with Crippen LogP contribution in [-0.2, 0) is 24.1 Å². The fourth-order valence-corrected chi connectivity index (χ4v) is 6.70. The van der Waals surface area contributed by atoms with Gasteiger partial charge < -0.3 is 0 Å². The van der Waals surface area contributed by atoms with Gasteiger partial charge in [-0.1, -0.05) is 36.9 Å². The molecule has 3 aromatic heterocycles. The van der Waals surface area contributed by atoms with Crippen molar-refractivity contribution in [1.29, 1.82) is 0 Å². The number of hydrogen-bond acceptors (Lipinski definition) is 8. The van der Waals surface area contributed by atoms with Gasteiger partial charge in [-0.2, -0.15) is 0 Å². The summed E-state index contributed by atoms with van der Waals surface area (Å²) in [4.78, 5) is 24.9. The van der Waals surface area contributed by atoms with Crippen LogP contribution in [0.2, 0.25) is 0 Å². The molecule has 1 atom stereocenters. The third kappa shape index (κ3) is 4.04. The van der Waals surface area contributed by atoms with Crippen molar-refractivity contribution in [3.63, 3.8) is 0 Å². The summed E-state index contributed by atoms with van der Waals surface area (Å²) in [7, 11) is 0. The number of carbonyl (C=O) groups excluding carboxylic acids is 1. The number of rotatable bonds is 6. The van der Waals surface area contributed by atoms with Crippen LogP contribution in [0.4, 0.5) is 5.13 Å². The molecule has 1 N–H and O–H groups in total. The van der Waals surface area contributed by atoms with Gasteiger partial charge in [0.1, 0.15) is 20.7 Å². The summed E-state index contributed by atoms with van der Waals surface area (Å²) in [5, 5.41) is 14.6. The summed E-state index contributed by atoms with van der Waals surface area (Å²) in [6, 6.07) is 0. The SMILES string of the molecule is CCc1nnc(NC(=O)CSc2nc(C3CC3)nc3sc4c(c23)CC[C@@H](C)C4)s1. The van der Waals surface area contributed by atoms with E-state index < -0.39 is 0 Å². The van der Waals surface area contributed by atoms with E-state index in [4.69, 9.17) is 9.97 Å². The maximum absolute atomic E-state index is 12.5. The normalized spacial score (nSPS) is 18.8. The van der Waals surface area contributed by atoms with Crippen molar-refractivity contribution in [2.75, 3.05) is 11.1 Å². The van der Waals surface area contributed by atoms with Crippen LogP contribution in [0.3, 0.4) is 0 Å². The molecule has 9 heteroatoms. The van der Waals surface area contributed by atoms with Crippen LogP contribution in [0.5, 0.6) is 0 Å². The Morgan fingerprint density at radius 1 is 1.21 bits per heavy atom. The van der Waals surface area contributed by atoms with Crippen LogP contribution >= 0.6 is 34.4 Å². The van der Waals surface area contributed by atoms with E-state index in [0.29, 0.717) is 16.8 Å². The lowest BCUT2D eigenvalue weighted by atomic mass is 9.89. The second-order valence-corrected chi connectivity index (χ2v) is 11.0. The van der Waals surface area contributed by atoms with Crippen molar-refractivity contribution in [3.05, 3.63) is 21.3 Å². The Hall–Kier alpha value is -1.58. The molecule has 0 unspecified atom stereocenters. The van der Waals surface area contributed by atoms with Crippen LogP contribution < -0.4 is 5.32 Å². The molecule has 0 aliphatic heterocycles. The minimum absolute atomic E-state index is 0.0637. The Bertz CT molecular complexity index is 1070. The van der Waals surface area contributed by atoms with E-state index in [9.17, 15) is 4.79 Å².